The van der Waals surface area contributed by atoms with E-state index in [0.29, 0.717) is 32.6 Å². The largest absolute Gasteiger partial charge is 0.493 e. The molecule has 1 unspecified atom stereocenters. The van der Waals surface area contributed by atoms with Gasteiger partial charge in [0, 0.05) is 16.2 Å². The van der Waals surface area contributed by atoms with Gasteiger partial charge in [-0.1, -0.05) is 23.7 Å². The molecule has 0 fully saturated rings. The second kappa shape index (κ2) is 12.1. The Balaban J connectivity index is 2.08. The molecule has 10 heteroatoms. The number of thiophene rings is 1. The van der Waals surface area contributed by atoms with Gasteiger partial charge in [0.15, 0.2) is 11.5 Å². The molecular weight excluding hydrogens is 514 g/mol. The van der Waals surface area contributed by atoms with Gasteiger partial charge in [-0.25, -0.2) is 0 Å². The summed E-state index contributed by atoms with van der Waals surface area (Å²) in [6, 6.07) is 13.9. The van der Waals surface area contributed by atoms with Crippen LogP contribution in [0.2, 0.25) is 5.02 Å². The zero-order valence-electron chi connectivity index (χ0n) is 21.3. The number of hydrogen-bond donors (Lipinski definition) is 2. The maximum absolute atomic E-state index is 13.7. The first-order valence-electron chi connectivity index (χ1n) is 11.5. The van der Waals surface area contributed by atoms with Gasteiger partial charge in [-0.3, -0.25) is 19.3 Å². The highest BCUT2D eigenvalue weighted by molar-refractivity contribution is 7.12. The third-order valence-corrected chi connectivity index (χ3v) is 6.37. The number of methoxy groups -OCH3 is 2. The fourth-order valence-corrected chi connectivity index (χ4v) is 4.42. The number of carbonyl (C=O) groups is 3. The maximum atomic E-state index is 13.7. The summed E-state index contributed by atoms with van der Waals surface area (Å²) < 4.78 is 10.8. The first-order valence-corrected chi connectivity index (χ1v) is 12.7. The van der Waals surface area contributed by atoms with Crippen molar-refractivity contribution >= 4 is 46.3 Å². The molecule has 0 bridgehead atoms. The maximum Gasteiger partial charge on any atom is 0.261 e. The van der Waals surface area contributed by atoms with Gasteiger partial charge in [-0.2, -0.15) is 0 Å². The van der Waals surface area contributed by atoms with Gasteiger partial charge in [0.25, 0.3) is 5.91 Å². The van der Waals surface area contributed by atoms with E-state index in [1.165, 1.54) is 30.5 Å². The van der Waals surface area contributed by atoms with E-state index in [2.05, 4.69) is 10.6 Å². The Bertz CT molecular complexity index is 1240. The second-order valence-electron chi connectivity index (χ2n) is 9.16. The molecule has 3 amide bonds. The van der Waals surface area contributed by atoms with Crippen molar-refractivity contribution in [2.24, 2.45) is 0 Å². The molecule has 0 aliphatic heterocycles. The minimum Gasteiger partial charge on any atom is -0.493 e. The molecule has 1 aromatic heterocycles. The number of halogens is 1. The van der Waals surface area contributed by atoms with E-state index in [4.69, 9.17) is 21.1 Å². The standard InChI is InChI=1S/C27H30ClN3O5S/c1-27(2,3)30-26(34)24(17-8-13-20(35-4)21(15-17)36-5)31(19-11-9-18(28)10-12-19)23(32)16-29-25(33)22-7-6-14-37-22/h6-15,24H,16H2,1-5H3,(H,29,33)(H,30,34). The van der Waals surface area contributed by atoms with E-state index >= 15 is 0 Å². The second-order valence-corrected chi connectivity index (χ2v) is 10.5. The topological polar surface area (TPSA) is 97.0 Å². The fraction of sp³-hybridized carbons (Fsp3) is 0.296. The number of nitrogens with one attached hydrogen (secondary N) is 2. The van der Waals surface area contributed by atoms with E-state index in [0.717, 1.165) is 0 Å². The lowest BCUT2D eigenvalue weighted by Gasteiger charge is -2.34. The van der Waals surface area contributed by atoms with Crippen molar-refractivity contribution in [1.29, 1.82) is 0 Å². The average molecular weight is 544 g/mol. The molecule has 0 spiro atoms. The first-order chi connectivity index (χ1) is 17.5. The molecule has 2 N–H and O–H groups in total. The molecule has 8 nitrogen and oxygen atoms in total. The summed E-state index contributed by atoms with van der Waals surface area (Å²) in [6.45, 7) is 5.23. The predicted octanol–water partition coefficient (Wildman–Crippen LogP) is 4.84. The molecule has 196 valence electrons. The Morgan fingerprint density at radius 2 is 1.68 bits per heavy atom. The first kappa shape index (κ1) is 28.0. The summed E-state index contributed by atoms with van der Waals surface area (Å²) in [7, 11) is 3.01. The highest BCUT2D eigenvalue weighted by Gasteiger charge is 2.35. The number of nitrogens with zero attached hydrogens (tertiary/aromatic N) is 1. The Morgan fingerprint density at radius 3 is 2.24 bits per heavy atom. The Hall–Kier alpha value is -3.56. The van der Waals surface area contributed by atoms with Crippen molar-refractivity contribution in [3.8, 4) is 11.5 Å². The summed E-state index contributed by atoms with van der Waals surface area (Å²) in [5, 5.41) is 7.88. The van der Waals surface area contributed by atoms with E-state index < -0.39 is 23.4 Å². The Labute approximate surface area is 225 Å². The van der Waals surface area contributed by atoms with Crippen molar-refractivity contribution in [2.45, 2.75) is 32.4 Å². The lowest BCUT2D eigenvalue weighted by molar-refractivity contribution is -0.127. The smallest absolute Gasteiger partial charge is 0.261 e. The van der Waals surface area contributed by atoms with Gasteiger partial charge in [0.05, 0.1) is 25.6 Å². The van der Waals surface area contributed by atoms with Gasteiger partial charge in [0.1, 0.15) is 6.04 Å². The normalized spacial score (nSPS) is 11.8. The van der Waals surface area contributed by atoms with Gasteiger partial charge in [-0.15, -0.1) is 11.3 Å². The monoisotopic (exact) mass is 543 g/mol. The van der Waals surface area contributed by atoms with E-state index in [-0.39, 0.29) is 12.5 Å². The van der Waals surface area contributed by atoms with Crippen LogP contribution < -0.4 is 25.0 Å². The number of anilines is 1. The molecule has 1 heterocycles. The van der Waals surface area contributed by atoms with Crippen molar-refractivity contribution in [3.05, 3.63) is 75.4 Å². The predicted molar refractivity (Wildman–Crippen MR) is 146 cm³/mol. The zero-order chi connectivity index (χ0) is 27.2. The van der Waals surface area contributed by atoms with Crippen LogP contribution in [0.15, 0.2) is 60.0 Å². The summed E-state index contributed by atoms with van der Waals surface area (Å²) in [4.78, 5) is 41.8. The molecule has 37 heavy (non-hydrogen) atoms. The van der Waals surface area contributed by atoms with E-state index in [1.54, 1.807) is 60.0 Å². The highest BCUT2D eigenvalue weighted by atomic mass is 35.5. The van der Waals surface area contributed by atoms with Crippen LogP contribution in [0.3, 0.4) is 0 Å². The van der Waals surface area contributed by atoms with Gasteiger partial charge < -0.3 is 20.1 Å². The van der Waals surface area contributed by atoms with Crippen LogP contribution in [0.5, 0.6) is 11.5 Å². The quantitative estimate of drug-likeness (QED) is 0.402. The molecule has 3 rings (SSSR count). The number of benzene rings is 2. The summed E-state index contributed by atoms with van der Waals surface area (Å²) in [6.07, 6.45) is 0. The summed E-state index contributed by atoms with van der Waals surface area (Å²) >= 11 is 7.38. The zero-order valence-corrected chi connectivity index (χ0v) is 22.9. The molecule has 0 aliphatic rings. The SMILES string of the molecule is COc1ccc(C(C(=O)NC(C)(C)C)N(C(=O)CNC(=O)c2cccs2)c2ccc(Cl)cc2)cc1OC. The Kier molecular flexibility index (Phi) is 9.18. The molecule has 2 aromatic carbocycles. The molecule has 0 saturated carbocycles. The van der Waals surface area contributed by atoms with Crippen molar-refractivity contribution in [2.75, 3.05) is 25.7 Å². The van der Waals surface area contributed by atoms with Crippen molar-refractivity contribution in [3.63, 3.8) is 0 Å². The fourth-order valence-electron chi connectivity index (χ4n) is 3.65. The number of hydrogen-bond acceptors (Lipinski definition) is 6. The van der Waals surface area contributed by atoms with Crippen molar-refractivity contribution in [1.82, 2.24) is 10.6 Å². The Morgan fingerprint density at radius 1 is 1.00 bits per heavy atom. The molecule has 0 aliphatic carbocycles. The van der Waals surface area contributed by atoms with Gasteiger partial charge in [0.2, 0.25) is 11.8 Å². The van der Waals surface area contributed by atoms with Gasteiger partial charge in [-0.05, 0) is 74.2 Å². The number of amides is 3. The molecule has 0 saturated heterocycles. The number of rotatable bonds is 9. The summed E-state index contributed by atoms with van der Waals surface area (Å²) in [5.74, 6) is -0.387. The van der Waals surface area contributed by atoms with Crippen LogP contribution >= 0.6 is 22.9 Å². The highest BCUT2D eigenvalue weighted by Crippen LogP contribution is 2.35. The number of carbonyl (C=O) groups excluding carboxylic acids is 3. The van der Waals surface area contributed by atoms with Crippen LogP contribution in [-0.2, 0) is 9.59 Å². The lowest BCUT2D eigenvalue weighted by atomic mass is 10.00. The molecule has 3 aromatic rings. The summed E-state index contributed by atoms with van der Waals surface area (Å²) in [5.41, 5.74) is 0.351. The van der Waals surface area contributed by atoms with Crippen LogP contribution in [0, 0.1) is 0 Å². The van der Waals surface area contributed by atoms with E-state index in [9.17, 15) is 14.4 Å². The van der Waals surface area contributed by atoms with E-state index in [1.807, 2.05) is 20.8 Å². The minimum atomic E-state index is -1.09. The third kappa shape index (κ3) is 7.24. The molecule has 1 atom stereocenters. The van der Waals surface area contributed by atoms with Gasteiger partial charge >= 0.3 is 0 Å². The van der Waals surface area contributed by atoms with Crippen LogP contribution in [-0.4, -0.2) is 44.0 Å². The van der Waals surface area contributed by atoms with Crippen LogP contribution in [0.1, 0.15) is 42.0 Å². The van der Waals surface area contributed by atoms with Crippen LogP contribution in [0.4, 0.5) is 5.69 Å². The minimum absolute atomic E-state index is 0.327. The molecule has 0 radical (unpaired) electrons. The van der Waals surface area contributed by atoms with Crippen molar-refractivity contribution < 1.29 is 23.9 Å². The van der Waals surface area contributed by atoms with Crippen LogP contribution in [0.25, 0.3) is 0 Å². The lowest BCUT2D eigenvalue weighted by Crippen LogP contribution is -2.51. The third-order valence-electron chi connectivity index (χ3n) is 5.25. The average Bonchev–Trinajstić information content (AvgIpc) is 3.40. The number of ether oxygens (including phenoxy) is 2. The molecular formula is C27H30ClN3O5S.